The molecule has 1 aromatic heterocycles. The number of carbonyl (C=O) groups excluding carboxylic acids is 1. The minimum absolute atomic E-state index is 0.0230. The van der Waals surface area contributed by atoms with Crippen LogP contribution in [0.2, 0.25) is 0 Å². The smallest absolute Gasteiger partial charge is 0.434 e. The number of benzene rings is 1. The normalized spacial score (nSPS) is 12.8. The van der Waals surface area contributed by atoms with E-state index >= 15 is 0 Å². The molecule has 0 amide bonds. The van der Waals surface area contributed by atoms with E-state index in [0.29, 0.717) is 5.56 Å². The third kappa shape index (κ3) is 6.48. The van der Waals surface area contributed by atoms with Gasteiger partial charge < -0.3 is 10.1 Å². The Morgan fingerprint density at radius 2 is 2.03 bits per heavy atom. The van der Waals surface area contributed by atoms with Gasteiger partial charge in [-0.2, -0.15) is 17.5 Å². The van der Waals surface area contributed by atoms with Gasteiger partial charge in [-0.3, -0.25) is 10.2 Å². The van der Waals surface area contributed by atoms with E-state index in [9.17, 15) is 26.4 Å². The third-order valence-corrected chi connectivity index (χ3v) is 5.85. The number of nitrogens with one attached hydrogen (secondary N) is 2. The van der Waals surface area contributed by atoms with Crippen LogP contribution in [0.15, 0.2) is 34.2 Å². The van der Waals surface area contributed by atoms with Crippen LogP contribution in [0, 0.1) is 5.41 Å². The predicted molar refractivity (Wildman–Crippen MR) is 110 cm³/mol. The number of carbonyl (C=O) groups is 1. The number of hydrogen-bond acceptors (Lipinski definition) is 9. The monoisotopic (exact) mass is 496 g/mol. The first kappa shape index (κ1) is 24.8. The number of allylic oxidation sites excluding steroid dienone is 1. The molecule has 2 rings (SSSR count). The van der Waals surface area contributed by atoms with Gasteiger partial charge in [0.25, 0.3) is 0 Å². The number of nitrogens with zero attached hydrogens (tertiary/aromatic N) is 2. The molecule has 0 aliphatic heterocycles. The second-order valence-electron chi connectivity index (χ2n) is 5.94. The molecule has 0 radical (unpaired) electrons. The highest BCUT2D eigenvalue weighted by Crippen LogP contribution is 2.30. The summed E-state index contributed by atoms with van der Waals surface area (Å²) >= 11 is 6.56. The zero-order chi connectivity index (χ0) is 23.4. The van der Waals surface area contributed by atoms with Crippen molar-refractivity contribution in [2.45, 2.75) is 18.0 Å². The van der Waals surface area contributed by atoms with Crippen LogP contribution in [0.25, 0.3) is 16.3 Å². The molecule has 0 atom stereocenters. The lowest BCUT2D eigenvalue weighted by Crippen LogP contribution is -2.28. The average Bonchev–Trinajstić information content (AvgIpc) is 3.16. The van der Waals surface area contributed by atoms with Gasteiger partial charge in [-0.1, -0.05) is 23.7 Å². The first-order valence-electron chi connectivity index (χ1n) is 8.44. The second-order valence-corrected chi connectivity index (χ2v) is 9.09. The lowest BCUT2D eigenvalue weighted by atomic mass is 10.2. The van der Waals surface area contributed by atoms with Gasteiger partial charge in [-0.05, 0) is 30.6 Å². The van der Waals surface area contributed by atoms with Crippen molar-refractivity contribution in [3.05, 3.63) is 35.1 Å². The molecule has 1 heterocycles. The van der Waals surface area contributed by atoms with Crippen molar-refractivity contribution in [2.24, 2.45) is 0 Å². The Bertz CT molecular complexity index is 1130. The van der Waals surface area contributed by atoms with Crippen molar-refractivity contribution in [2.75, 3.05) is 19.4 Å². The fourth-order valence-corrected chi connectivity index (χ4v) is 3.77. The number of aromatic nitrogens is 2. The Morgan fingerprint density at radius 3 is 2.61 bits per heavy atom. The first-order chi connectivity index (χ1) is 14.3. The molecule has 14 heteroatoms. The Morgan fingerprint density at radius 1 is 1.35 bits per heavy atom. The summed E-state index contributed by atoms with van der Waals surface area (Å²) in [6, 6.07) is 5.76. The van der Waals surface area contributed by atoms with Crippen molar-refractivity contribution in [3.8, 4) is 10.6 Å². The number of rotatable bonds is 8. The van der Waals surface area contributed by atoms with Crippen LogP contribution in [0.1, 0.15) is 12.7 Å². The number of alkyl halides is 3. The van der Waals surface area contributed by atoms with Crippen molar-refractivity contribution in [3.63, 3.8) is 0 Å². The van der Waals surface area contributed by atoms with Crippen LogP contribution in [0.3, 0.4) is 0 Å². The molecule has 0 aliphatic rings. The van der Waals surface area contributed by atoms with E-state index in [1.807, 2.05) is 0 Å². The topological polar surface area (TPSA) is 122 Å². The van der Waals surface area contributed by atoms with Gasteiger partial charge in [0.2, 0.25) is 0 Å². The summed E-state index contributed by atoms with van der Waals surface area (Å²) in [6.07, 6.45) is -4.02. The van der Waals surface area contributed by atoms with Gasteiger partial charge in [0, 0.05) is 11.8 Å². The highest BCUT2D eigenvalue weighted by atomic mass is 35.5. The molecule has 0 aliphatic carbocycles. The minimum atomic E-state index is -5.05. The van der Waals surface area contributed by atoms with E-state index in [1.54, 1.807) is 13.0 Å². The molecule has 0 spiro atoms. The molecule has 2 N–H and O–H groups in total. The molecule has 2 aromatic rings. The molecule has 31 heavy (non-hydrogen) atoms. The third-order valence-electron chi connectivity index (χ3n) is 3.60. The molecule has 8 nitrogen and oxygen atoms in total. The highest BCUT2D eigenvalue weighted by Gasteiger charge is 2.38. The molecule has 0 fully saturated rings. The highest BCUT2D eigenvalue weighted by molar-refractivity contribution is 7.90. The summed E-state index contributed by atoms with van der Waals surface area (Å²) in [5.74, 6) is -1.06. The van der Waals surface area contributed by atoms with E-state index in [4.69, 9.17) is 21.7 Å². The lowest BCUT2D eigenvalue weighted by molar-refractivity contribution is -0.141. The van der Waals surface area contributed by atoms with Crippen molar-refractivity contribution >= 4 is 50.3 Å². The predicted octanol–water partition coefficient (Wildman–Crippen LogP) is 3.25. The fourth-order valence-electron chi connectivity index (χ4n) is 2.18. The quantitative estimate of drug-likeness (QED) is 0.425. The Labute approximate surface area is 184 Å². The molecule has 1 aromatic carbocycles. The van der Waals surface area contributed by atoms with Gasteiger partial charge in [0.1, 0.15) is 17.2 Å². The van der Waals surface area contributed by atoms with Crippen LogP contribution >= 0.6 is 23.1 Å². The second kappa shape index (κ2) is 9.75. The van der Waals surface area contributed by atoms with Crippen LogP contribution in [-0.4, -0.2) is 55.0 Å². The molecule has 0 saturated heterocycles. The van der Waals surface area contributed by atoms with Crippen LogP contribution in [0.5, 0.6) is 0 Å². The molecule has 168 valence electrons. The van der Waals surface area contributed by atoms with Crippen molar-refractivity contribution < 1.29 is 31.1 Å². The molecular weight excluding hydrogens is 481 g/mol. The standard InChI is InChI=1S/C17H16ClF3N4O4S2/c1-3-29-11(26)8-23-13(12(18)14(22)17(19,20)21)15-24-16(30-25-15)9-5-4-6-10(7-9)31(2,27)28/h4-7,22-23H,3,8H2,1-2H3/b13-12+,22-14?. The van der Waals surface area contributed by atoms with Gasteiger partial charge >= 0.3 is 12.1 Å². The van der Waals surface area contributed by atoms with Crippen LogP contribution < -0.4 is 5.32 Å². The summed E-state index contributed by atoms with van der Waals surface area (Å²) in [5, 5.41) is 8.82. The Balaban J connectivity index is 2.48. The summed E-state index contributed by atoms with van der Waals surface area (Å²) in [7, 11) is -3.50. The van der Waals surface area contributed by atoms with Crippen LogP contribution in [0.4, 0.5) is 13.2 Å². The Hall–Kier alpha value is -2.51. The molecule has 0 unspecified atom stereocenters. The SMILES string of the molecule is CCOC(=O)CN/C(=C(/Cl)C(=N)C(F)(F)F)c1nsc(-c2cccc(S(C)(=O)=O)c2)n1. The number of sulfone groups is 1. The van der Waals surface area contributed by atoms with Crippen LogP contribution in [-0.2, 0) is 19.4 Å². The number of hydrogen-bond donors (Lipinski definition) is 2. The van der Waals surface area contributed by atoms with E-state index in [2.05, 4.69) is 14.7 Å². The molecular formula is C17H16ClF3N4O4S2. The number of ether oxygens (including phenoxy) is 1. The molecule has 0 saturated carbocycles. The maximum absolute atomic E-state index is 13.0. The maximum Gasteiger partial charge on any atom is 0.434 e. The first-order valence-corrected chi connectivity index (χ1v) is 11.5. The summed E-state index contributed by atoms with van der Waals surface area (Å²) in [5.41, 5.74) is -1.98. The largest absolute Gasteiger partial charge is 0.465 e. The lowest BCUT2D eigenvalue weighted by Gasteiger charge is -2.13. The summed E-state index contributed by atoms with van der Waals surface area (Å²) in [6.45, 7) is 1.07. The average molecular weight is 497 g/mol. The summed E-state index contributed by atoms with van der Waals surface area (Å²) in [4.78, 5) is 15.7. The zero-order valence-electron chi connectivity index (χ0n) is 16.1. The Kier molecular flexibility index (Phi) is 7.78. The van der Waals surface area contributed by atoms with Gasteiger partial charge in [-0.25, -0.2) is 13.4 Å². The van der Waals surface area contributed by atoms with E-state index in [-0.39, 0.29) is 22.3 Å². The molecule has 0 bridgehead atoms. The van der Waals surface area contributed by atoms with Crippen molar-refractivity contribution in [1.29, 1.82) is 5.41 Å². The van der Waals surface area contributed by atoms with E-state index in [0.717, 1.165) is 17.8 Å². The van der Waals surface area contributed by atoms with Gasteiger partial charge in [0.15, 0.2) is 21.4 Å². The number of halogens is 4. The minimum Gasteiger partial charge on any atom is -0.465 e. The van der Waals surface area contributed by atoms with E-state index < -0.39 is 45.0 Å². The van der Waals surface area contributed by atoms with Crippen molar-refractivity contribution in [1.82, 2.24) is 14.7 Å². The van der Waals surface area contributed by atoms with Gasteiger partial charge in [0.05, 0.1) is 16.5 Å². The zero-order valence-corrected chi connectivity index (χ0v) is 18.5. The summed E-state index contributed by atoms with van der Waals surface area (Å²) < 4.78 is 71.1. The van der Waals surface area contributed by atoms with Gasteiger partial charge in [-0.15, -0.1) is 0 Å². The fraction of sp³-hybridized carbons (Fsp3) is 0.294. The van der Waals surface area contributed by atoms with E-state index in [1.165, 1.54) is 18.2 Å². The maximum atomic E-state index is 13.0. The number of esters is 1.